The summed E-state index contributed by atoms with van der Waals surface area (Å²) in [4.78, 5) is 16.4. The molecule has 0 aliphatic heterocycles. The van der Waals surface area contributed by atoms with Crippen molar-refractivity contribution in [2.75, 3.05) is 6.54 Å². The summed E-state index contributed by atoms with van der Waals surface area (Å²) in [7, 11) is 0. The lowest BCUT2D eigenvalue weighted by Crippen LogP contribution is -2.25. The lowest BCUT2D eigenvalue weighted by molar-refractivity contribution is 0.0955. The van der Waals surface area contributed by atoms with Crippen molar-refractivity contribution in [1.29, 1.82) is 0 Å². The van der Waals surface area contributed by atoms with E-state index in [-0.39, 0.29) is 5.91 Å². The van der Waals surface area contributed by atoms with E-state index in [2.05, 4.69) is 22.4 Å². The maximum absolute atomic E-state index is 13.1. The van der Waals surface area contributed by atoms with Gasteiger partial charge in [0.05, 0.1) is 11.3 Å². The third-order valence-electron chi connectivity index (χ3n) is 5.38. The number of benzene rings is 3. The van der Waals surface area contributed by atoms with Gasteiger partial charge >= 0.3 is 0 Å². The van der Waals surface area contributed by atoms with Gasteiger partial charge < -0.3 is 10.3 Å². The highest BCUT2D eigenvalue weighted by Gasteiger charge is 2.18. The third-order valence-corrected chi connectivity index (χ3v) is 5.38. The molecule has 2 heterocycles. The van der Waals surface area contributed by atoms with Crippen molar-refractivity contribution in [1.82, 2.24) is 20.1 Å². The molecule has 5 heteroatoms. The van der Waals surface area contributed by atoms with E-state index >= 15 is 0 Å². The second-order valence-electron chi connectivity index (χ2n) is 7.40. The van der Waals surface area contributed by atoms with Gasteiger partial charge in [0, 0.05) is 35.4 Å². The van der Waals surface area contributed by atoms with Gasteiger partial charge in [-0.3, -0.25) is 4.79 Å². The molecule has 0 bridgehead atoms. The third kappa shape index (κ3) is 3.85. The summed E-state index contributed by atoms with van der Waals surface area (Å²) in [5, 5.41) is 8.99. The average molecular weight is 406 g/mol. The molecule has 1 amide bonds. The second kappa shape index (κ2) is 8.32. The molecule has 0 spiro atoms. The van der Waals surface area contributed by atoms with Crippen molar-refractivity contribution in [2.24, 2.45) is 0 Å². The molecule has 0 unspecified atom stereocenters. The van der Waals surface area contributed by atoms with Crippen LogP contribution in [-0.4, -0.2) is 27.2 Å². The SMILES string of the molecule is O=C(NCCc1c[nH]c2ccccc12)c1cn(-c2ccccc2)nc1-c1ccccc1. The van der Waals surface area contributed by atoms with Gasteiger partial charge in [0.25, 0.3) is 5.91 Å². The number of hydrogen-bond donors (Lipinski definition) is 2. The number of amides is 1. The minimum absolute atomic E-state index is 0.124. The van der Waals surface area contributed by atoms with E-state index in [1.165, 1.54) is 10.9 Å². The van der Waals surface area contributed by atoms with Gasteiger partial charge in [-0.2, -0.15) is 5.10 Å². The fourth-order valence-electron chi connectivity index (χ4n) is 3.81. The smallest absolute Gasteiger partial charge is 0.255 e. The molecule has 5 nitrogen and oxygen atoms in total. The van der Waals surface area contributed by atoms with Crippen molar-refractivity contribution < 1.29 is 4.79 Å². The highest BCUT2D eigenvalue weighted by Crippen LogP contribution is 2.24. The van der Waals surface area contributed by atoms with E-state index < -0.39 is 0 Å². The van der Waals surface area contributed by atoms with Crippen LogP contribution in [0.4, 0.5) is 0 Å². The van der Waals surface area contributed by atoms with Gasteiger partial charge in [0.2, 0.25) is 0 Å². The zero-order valence-electron chi connectivity index (χ0n) is 17.0. The number of H-pyrrole nitrogens is 1. The van der Waals surface area contributed by atoms with Gasteiger partial charge in [0.1, 0.15) is 5.69 Å². The molecule has 152 valence electrons. The maximum atomic E-state index is 13.1. The Bertz CT molecular complexity index is 1320. The molecule has 0 atom stereocenters. The zero-order chi connectivity index (χ0) is 21.0. The van der Waals surface area contributed by atoms with Crippen molar-refractivity contribution in [2.45, 2.75) is 6.42 Å². The fourth-order valence-corrected chi connectivity index (χ4v) is 3.81. The molecule has 5 rings (SSSR count). The lowest BCUT2D eigenvalue weighted by atomic mass is 10.1. The molecule has 0 fully saturated rings. The molecule has 0 saturated carbocycles. The first-order chi connectivity index (χ1) is 15.3. The van der Waals surface area contributed by atoms with Crippen molar-refractivity contribution >= 4 is 16.8 Å². The standard InChI is InChI=1S/C26H22N4O/c31-26(27-16-15-20-17-28-24-14-8-7-13-22(20)24)23-18-30(21-11-5-2-6-12-21)29-25(23)19-9-3-1-4-10-19/h1-14,17-18,28H,15-16H2,(H,27,31). The first kappa shape index (κ1) is 18.9. The summed E-state index contributed by atoms with van der Waals surface area (Å²) in [5.74, 6) is -0.124. The average Bonchev–Trinajstić information content (AvgIpc) is 3.45. The minimum atomic E-state index is -0.124. The molecular weight excluding hydrogens is 384 g/mol. The first-order valence-corrected chi connectivity index (χ1v) is 10.3. The molecule has 0 aliphatic rings. The van der Waals surface area contributed by atoms with Crippen LogP contribution in [0.5, 0.6) is 0 Å². The Kier molecular flexibility index (Phi) is 5.07. The summed E-state index contributed by atoms with van der Waals surface area (Å²) < 4.78 is 1.76. The fraction of sp³-hybridized carbons (Fsp3) is 0.0769. The van der Waals surface area contributed by atoms with Crippen LogP contribution in [0.25, 0.3) is 27.8 Å². The number of fused-ring (bicyclic) bond motifs is 1. The van der Waals surface area contributed by atoms with Crippen LogP contribution >= 0.6 is 0 Å². The van der Waals surface area contributed by atoms with E-state index in [1.807, 2.05) is 79.0 Å². The molecular formula is C26H22N4O. The summed E-state index contributed by atoms with van der Waals surface area (Å²) in [5.41, 5.74) is 5.37. The summed E-state index contributed by atoms with van der Waals surface area (Å²) in [6.45, 7) is 0.547. The summed E-state index contributed by atoms with van der Waals surface area (Å²) in [6.07, 6.45) is 4.57. The molecule has 31 heavy (non-hydrogen) atoms. The van der Waals surface area contributed by atoms with E-state index in [0.717, 1.165) is 23.2 Å². The van der Waals surface area contributed by atoms with Gasteiger partial charge in [-0.1, -0.05) is 66.7 Å². The Morgan fingerprint density at radius 1 is 0.903 bits per heavy atom. The zero-order valence-corrected chi connectivity index (χ0v) is 17.0. The number of rotatable bonds is 6. The summed E-state index contributed by atoms with van der Waals surface area (Å²) in [6, 6.07) is 27.8. The molecule has 5 aromatic rings. The van der Waals surface area contributed by atoms with E-state index in [1.54, 1.807) is 10.9 Å². The number of aromatic nitrogens is 3. The van der Waals surface area contributed by atoms with Crippen molar-refractivity contribution in [3.8, 4) is 16.9 Å². The first-order valence-electron chi connectivity index (χ1n) is 10.3. The van der Waals surface area contributed by atoms with Crippen LogP contribution in [-0.2, 0) is 6.42 Å². The quantitative estimate of drug-likeness (QED) is 0.417. The van der Waals surface area contributed by atoms with E-state index in [0.29, 0.717) is 17.8 Å². The van der Waals surface area contributed by atoms with Crippen LogP contribution in [0, 0.1) is 0 Å². The predicted molar refractivity (Wildman–Crippen MR) is 123 cm³/mol. The molecule has 0 saturated heterocycles. The summed E-state index contributed by atoms with van der Waals surface area (Å²) >= 11 is 0. The Morgan fingerprint density at radius 2 is 1.61 bits per heavy atom. The number of para-hydroxylation sites is 2. The number of carbonyl (C=O) groups is 1. The largest absolute Gasteiger partial charge is 0.361 e. The number of aromatic amines is 1. The number of carbonyl (C=O) groups excluding carboxylic acids is 1. The Balaban J connectivity index is 1.39. The molecule has 2 aromatic heterocycles. The minimum Gasteiger partial charge on any atom is -0.361 e. The molecule has 0 aliphatic carbocycles. The predicted octanol–water partition coefficient (Wildman–Crippen LogP) is 4.99. The molecule has 2 N–H and O–H groups in total. The van der Waals surface area contributed by atoms with Crippen LogP contribution < -0.4 is 5.32 Å². The number of hydrogen-bond acceptors (Lipinski definition) is 2. The highest BCUT2D eigenvalue weighted by molar-refractivity contribution is 6.00. The highest BCUT2D eigenvalue weighted by atomic mass is 16.1. The lowest BCUT2D eigenvalue weighted by Gasteiger charge is -2.05. The second-order valence-corrected chi connectivity index (χ2v) is 7.40. The Labute approximate surface area is 180 Å². The van der Waals surface area contributed by atoms with E-state index in [4.69, 9.17) is 5.10 Å². The molecule has 3 aromatic carbocycles. The monoisotopic (exact) mass is 406 g/mol. The van der Waals surface area contributed by atoms with Gasteiger partial charge in [-0.15, -0.1) is 0 Å². The van der Waals surface area contributed by atoms with Crippen LogP contribution in [0.15, 0.2) is 97.3 Å². The number of nitrogens with zero attached hydrogens (tertiary/aromatic N) is 2. The van der Waals surface area contributed by atoms with Crippen LogP contribution in [0.2, 0.25) is 0 Å². The normalized spacial score (nSPS) is 11.0. The van der Waals surface area contributed by atoms with Gasteiger partial charge in [0.15, 0.2) is 0 Å². The van der Waals surface area contributed by atoms with E-state index in [9.17, 15) is 4.79 Å². The Morgan fingerprint density at radius 3 is 2.42 bits per heavy atom. The Hall–Kier alpha value is -4.12. The number of nitrogens with one attached hydrogen (secondary N) is 2. The van der Waals surface area contributed by atoms with Crippen molar-refractivity contribution in [3.05, 3.63) is 108 Å². The van der Waals surface area contributed by atoms with Crippen LogP contribution in [0.3, 0.4) is 0 Å². The van der Waals surface area contributed by atoms with Crippen LogP contribution in [0.1, 0.15) is 15.9 Å². The van der Waals surface area contributed by atoms with Crippen molar-refractivity contribution in [3.63, 3.8) is 0 Å². The maximum Gasteiger partial charge on any atom is 0.255 e. The van der Waals surface area contributed by atoms with Gasteiger partial charge in [-0.05, 0) is 30.2 Å². The topological polar surface area (TPSA) is 62.7 Å². The van der Waals surface area contributed by atoms with Gasteiger partial charge in [-0.25, -0.2) is 4.68 Å². The molecule has 0 radical (unpaired) electrons.